The van der Waals surface area contributed by atoms with Crippen LogP contribution in [0.5, 0.6) is 0 Å². The first-order valence-corrected chi connectivity index (χ1v) is 14.1. The van der Waals surface area contributed by atoms with E-state index in [2.05, 4.69) is 52.5 Å². The van der Waals surface area contributed by atoms with Crippen LogP contribution in [0.1, 0.15) is 36.3 Å². The van der Waals surface area contributed by atoms with Crippen molar-refractivity contribution in [1.29, 1.82) is 0 Å². The molecule has 2 amide bonds. The maximum Gasteiger partial charge on any atom is 0.248 e. The molecule has 4 aromatic rings. The molecule has 0 unspecified atom stereocenters. The van der Waals surface area contributed by atoms with Gasteiger partial charge >= 0.3 is 0 Å². The number of nitrogens with zero attached hydrogens (tertiary/aromatic N) is 6. The lowest BCUT2D eigenvalue weighted by Gasteiger charge is -2.28. The third kappa shape index (κ3) is 5.47. The number of carbonyl (C=O) groups excluding carboxylic acids is 3. The van der Waals surface area contributed by atoms with E-state index in [-0.39, 0.29) is 35.8 Å². The van der Waals surface area contributed by atoms with Crippen molar-refractivity contribution in [1.82, 2.24) is 29.6 Å². The number of pyridine rings is 1. The topological polar surface area (TPSA) is 135 Å². The van der Waals surface area contributed by atoms with Gasteiger partial charge in [0.2, 0.25) is 17.8 Å². The van der Waals surface area contributed by atoms with Gasteiger partial charge in [-0.05, 0) is 64.5 Å². The summed E-state index contributed by atoms with van der Waals surface area (Å²) in [6, 6.07) is 7.75. The van der Waals surface area contributed by atoms with Crippen LogP contribution in [0.3, 0.4) is 0 Å². The van der Waals surface area contributed by atoms with Crippen LogP contribution < -0.4 is 10.6 Å². The minimum atomic E-state index is -0.796. The van der Waals surface area contributed by atoms with Crippen molar-refractivity contribution < 1.29 is 14.4 Å². The Morgan fingerprint density at radius 3 is 2.55 bits per heavy atom. The number of likely N-dealkylation sites (tertiary alicyclic amines) is 1. The Balaban J connectivity index is 1.46. The summed E-state index contributed by atoms with van der Waals surface area (Å²) in [7, 11) is 1.74. The second kappa shape index (κ2) is 11.7. The van der Waals surface area contributed by atoms with Gasteiger partial charge in [0, 0.05) is 37.3 Å². The quantitative estimate of drug-likeness (QED) is 0.178. The number of ketones is 1. The number of nitrogens with one attached hydrogen (secondary N) is 2. The average molecular weight is 630 g/mol. The van der Waals surface area contributed by atoms with Gasteiger partial charge in [0.15, 0.2) is 5.78 Å². The Morgan fingerprint density at radius 1 is 1.14 bits per heavy atom. The van der Waals surface area contributed by atoms with Gasteiger partial charge in [-0.1, -0.05) is 25.0 Å². The molecule has 42 heavy (non-hydrogen) atoms. The highest BCUT2D eigenvalue weighted by molar-refractivity contribution is 9.10. The van der Waals surface area contributed by atoms with Gasteiger partial charge < -0.3 is 15.5 Å². The van der Waals surface area contributed by atoms with Crippen LogP contribution in [0.15, 0.2) is 47.3 Å². The number of hydrogen-bond acceptors (Lipinski definition) is 8. The number of halogens is 1. The van der Waals surface area contributed by atoms with Crippen LogP contribution in [0.2, 0.25) is 0 Å². The van der Waals surface area contributed by atoms with Crippen LogP contribution in [-0.4, -0.2) is 66.4 Å². The summed E-state index contributed by atoms with van der Waals surface area (Å²) in [6.07, 6.45) is 9.63. The van der Waals surface area contributed by atoms with Gasteiger partial charge in [-0.25, -0.2) is 15.0 Å². The number of amides is 2. The summed E-state index contributed by atoms with van der Waals surface area (Å²) in [5.74, 6) is 2.51. The molecule has 1 saturated heterocycles. The second-order valence-electron chi connectivity index (χ2n) is 10.3. The van der Waals surface area contributed by atoms with E-state index in [9.17, 15) is 14.4 Å². The zero-order chi connectivity index (χ0) is 30.1. The lowest BCUT2D eigenvalue weighted by atomic mass is 10.0. The van der Waals surface area contributed by atoms with Crippen molar-refractivity contribution in [3.63, 3.8) is 0 Å². The summed E-state index contributed by atoms with van der Waals surface area (Å²) in [5, 5.41) is 10.8. The lowest BCUT2D eigenvalue weighted by Crippen LogP contribution is -2.48. The summed E-state index contributed by atoms with van der Waals surface area (Å²) < 4.78 is 2.07. The third-order valence-corrected chi connectivity index (χ3v) is 7.85. The van der Waals surface area contributed by atoms with Crippen LogP contribution >= 0.6 is 15.9 Å². The zero-order valence-corrected chi connectivity index (χ0v) is 25.1. The molecule has 12 heteroatoms. The molecular weight excluding hydrogens is 600 g/mol. The number of carbonyl (C=O) groups is 3. The number of fused-ring (bicyclic) bond motifs is 1. The van der Waals surface area contributed by atoms with E-state index < -0.39 is 12.1 Å². The molecule has 214 valence electrons. The van der Waals surface area contributed by atoms with E-state index in [1.165, 1.54) is 16.5 Å². The molecular formula is C30H29BrN8O3. The van der Waals surface area contributed by atoms with E-state index >= 15 is 0 Å². The van der Waals surface area contributed by atoms with Gasteiger partial charge in [-0.3, -0.25) is 19.1 Å². The molecule has 1 fully saturated rings. The molecule has 11 nitrogen and oxygen atoms in total. The fraction of sp³-hybridized carbons (Fsp3) is 0.300. The number of aryl methyl sites for hydroxylation is 1. The molecule has 4 heterocycles. The first-order chi connectivity index (χ1) is 20.1. The van der Waals surface area contributed by atoms with Crippen molar-refractivity contribution in [2.24, 2.45) is 5.92 Å². The van der Waals surface area contributed by atoms with E-state index in [0.717, 1.165) is 16.7 Å². The number of hydrogen-bond donors (Lipinski definition) is 2. The lowest BCUT2D eigenvalue weighted by molar-refractivity contribution is -0.138. The zero-order valence-electron chi connectivity index (χ0n) is 23.6. The maximum absolute atomic E-state index is 13.8. The predicted octanol–water partition coefficient (Wildman–Crippen LogP) is 4.08. The van der Waals surface area contributed by atoms with Gasteiger partial charge in [0.1, 0.15) is 28.7 Å². The van der Waals surface area contributed by atoms with Crippen LogP contribution in [-0.2, 0) is 16.1 Å². The van der Waals surface area contributed by atoms with Crippen molar-refractivity contribution >= 4 is 56.2 Å². The number of terminal acetylenes is 1. The molecule has 0 radical (unpaired) electrons. The largest absolute Gasteiger partial charge is 0.357 e. The Morgan fingerprint density at radius 2 is 1.88 bits per heavy atom. The molecule has 3 aromatic heterocycles. The average Bonchev–Trinajstić information content (AvgIpc) is 3.52. The molecule has 3 atom stereocenters. The second-order valence-corrected chi connectivity index (χ2v) is 11.1. The molecule has 1 aliphatic rings. The number of aromatic nitrogens is 5. The van der Waals surface area contributed by atoms with Crippen molar-refractivity contribution in [2.75, 3.05) is 17.7 Å². The van der Waals surface area contributed by atoms with Crippen molar-refractivity contribution in [3.8, 4) is 23.5 Å². The monoisotopic (exact) mass is 628 g/mol. The van der Waals surface area contributed by atoms with Crippen LogP contribution in [0.4, 0.5) is 11.8 Å². The summed E-state index contributed by atoms with van der Waals surface area (Å²) in [6.45, 7) is 4.99. The van der Waals surface area contributed by atoms with Crippen molar-refractivity contribution in [3.05, 3.63) is 58.6 Å². The first-order valence-electron chi connectivity index (χ1n) is 13.3. The molecule has 0 bridgehead atoms. The Labute approximate surface area is 251 Å². The van der Waals surface area contributed by atoms with Gasteiger partial charge in [-0.2, -0.15) is 5.10 Å². The van der Waals surface area contributed by atoms with E-state index in [0.29, 0.717) is 33.7 Å². The SMILES string of the molecule is C#C[C@@H]1[C@@H](C)C[C@@H](C(=O)Nc2nc(Br)ccc2C)N1C(=O)Cn1nc(C(C)=O)c2cc(-c3cnc(NC)nc3)ccc21. The normalized spacial score (nSPS) is 18.1. The molecule has 0 saturated carbocycles. The minimum absolute atomic E-state index is 0.104. The van der Waals surface area contributed by atoms with E-state index in [4.69, 9.17) is 6.42 Å². The Hall–Kier alpha value is -4.63. The third-order valence-electron chi connectivity index (χ3n) is 7.41. The van der Waals surface area contributed by atoms with Gasteiger partial charge in [-0.15, -0.1) is 6.42 Å². The molecule has 1 aliphatic heterocycles. The van der Waals surface area contributed by atoms with Crippen LogP contribution in [0.25, 0.3) is 22.0 Å². The minimum Gasteiger partial charge on any atom is -0.357 e. The van der Waals surface area contributed by atoms with E-state index in [1.54, 1.807) is 31.6 Å². The molecule has 2 N–H and O–H groups in total. The molecule has 0 spiro atoms. The highest BCUT2D eigenvalue weighted by Gasteiger charge is 2.44. The summed E-state index contributed by atoms with van der Waals surface area (Å²) in [4.78, 5) is 54.2. The highest BCUT2D eigenvalue weighted by Crippen LogP contribution is 2.32. The number of Topliss-reactive ketones (excluding diaryl/α,β-unsaturated/α-hetero) is 1. The van der Waals surface area contributed by atoms with Gasteiger partial charge in [0.05, 0.1) is 11.6 Å². The highest BCUT2D eigenvalue weighted by atomic mass is 79.9. The fourth-order valence-corrected chi connectivity index (χ4v) is 5.57. The summed E-state index contributed by atoms with van der Waals surface area (Å²) >= 11 is 3.33. The molecule has 1 aromatic carbocycles. The van der Waals surface area contributed by atoms with E-state index in [1.807, 2.05) is 32.0 Å². The van der Waals surface area contributed by atoms with Gasteiger partial charge in [0.25, 0.3) is 0 Å². The standard InChI is InChI=1S/C30H29BrN8O3/c1-6-22-17(3)11-24(29(42)36-28-16(2)7-10-25(31)35-28)39(22)26(41)15-38-23-9-8-19(12-21(23)27(37-38)18(4)40)20-13-33-30(32-5)34-14-20/h1,7-10,12-14,17,22,24H,11,15H2,2-5H3,(H,32,33,34)(H,35,36,42)/t17-,22+,24-/m0/s1. The fourth-order valence-electron chi connectivity index (χ4n) is 5.26. The number of benzene rings is 1. The first kappa shape index (κ1) is 28.9. The molecule has 0 aliphatic carbocycles. The number of anilines is 2. The number of rotatable bonds is 7. The smallest absolute Gasteiger partial charge is 0.248 e. The van der Waals surface area contributed by atoms with Crippen molar-refractivity contribution in [2.45, 2.75) is 45.8 Å². The predicted molar refractivity (Wildman–Crippen MR) is 163 cm³/mol. The summed E-state index contributed by atoms with van der Waals surface area (Å²) in [5.41, 5.74) is 3.19. The Bertz CT molecular complexity index is 1740. The van der Waals surface area contributed by atoms with Crippen LogP contribution in [0, 0.1) is 25.2 Å². The maximum atomic E-state index is 13.8. The molecule has 5 rings (SSSR count). The Kier molecular flexibility index (Phi) is 8.04.